The Kier molecular flexibility index (Phi) is 6.36. The lowest BCUT2D eigenvalue weighted by molar-refractivity contribution is -0.140. The molecule has 27 heavy (non-hydrogen) atoms. The number of rotatable bonds is 7. The molecule has 3 aromatic rings. The Morgan fingerprint density at radius 1 is 1.07 bits per heavy atom. The fourth-order valence-electron chi connectivity index (χ4n) is 2.64. The summed E-state index contributed by atoms with van der Waals surface area (Å²) < 4.78 is 5.62. The minimum atomic E-state index is -0.981. The Bertz CT molecular complexity index is 887. The van der Waals surface area contributed by atoms with Crippen molar-refractivity contribution >= 4 is 34.6 Å². The smallest absolute Gasteiger partial charge is 0.358 e. The van der Waals surface area contributed by atoms with Crippen LogP contribution in [-0.2, 0) is 9.53 Å². The quantitative estimate of drug-likeness (QED) is 0.542. The Morgan fingerprint density at radius 3 is 2.44 bits per heavy atom. The van der Waals surface area contributed by atoms with E-state index in [0.29, 0.717) is 18.7 Å². The lowest BCUT2D eigenvalue weighted by Crippen LogP contribution is -2.36. The van der Waals surface area contributed by atoms with Gasteiger partial charge in [0, 0.05) is 24.0 Å². The van der Waals surface area contributed by atoms with Gasteiger partial charge in [-0.25, -0.2) is 9.78 Å². The van der Waals surface area contributed by atoms with Crippen LogP contribution in [0.5, 0.6) is 0 Å². The summed E-state index contributed by atoms with van der Waals surface area (Å²) in [6.45, 7) is 4.91. The molecule has 2 aromatic heterocycles. The van der Waals surface area contributed by atoms with E-state index in [-0.39, 0.29) is 11.6 Å². The van der Waals surface area contributed by atoms with Crippen molar-refractivity contribution in [2.75, 3.05) is 13.1 Å². The van der Waals surface area contributed by atoms with E-state index in [1.54, 1.807) is 33.7 Å². The van der Waals surface area contributed by atoms with Crippen LogP contribution < -0.4 is 0 Å². The second-order valence-corrected chi connectivity index (χ2v) is 7.53. The lowest BCUT2D eigenvalue weighted by Gasteiger charge is -2.25. The van der Waals surface area contributed by atoms with Gasteiger partial charge in [-0.1, -0.05) is 36.4 Å². The monoisotopic (exact) mass is 400 g/mol. The molecule has 1 amide bonds. The lowest BCUT2D eigenvalue weighted by atomic mass is 10.1. The van der Waals surface area contributed by atoms with Crippen LogP contribution in [0.2, 0.25) is 0 Å². The molecule has 0 saturated carbocycles. The standard InChI is InChI=1S/C20H20N2O3S2/c1-3-22(4-2)19(23)17(14-9-6-5-7-10-14)25-20(24)15-13-27-18(21-15)16-11-8-12-26-16/h5-13,17H,3-4H2,1-2H3/t17-/m1/s1. The number of carbonyl (C=O) groups excluding carboxylic acids is 2. The molecule has 1 aromatic carbocycles. The van der Waals surface area contributed by atoms with Crippen LogP contribution in [0.15, 0.2) is 53.2 Å². The molecule has 3 rings (SSSR count). The van der Waals surface area contributed by atoms with Gasteiger partial charge in [-0.15, -0.1) is 22.7 Å². The van der Waals surface area contributed by atoms with Crippen LogP contribution in [0.4, 0.5) is 0 Å². The van der Waals surface area contributed by atoms with E-state index >= 15 is 0 Å². The highest BCUT2D eigenvalue weighted by molar-refractivity contribution is 7.20. The number of thiazole rings is 1. The normalized spacial score (nSPS) is 11.8. The van der Waals surface area contributed by atoms with Gasteiger partial charge in [0.1, 0.15) is 5.01 Å². The number of thiophene rings is 1. The van der Waals surface area contributed by atoms with Crippen molar-refractivity contribution in [3.8, 4) is 9.88 Å². The van der Waals surface area contributed by atoms with Crippen LogP contribution >= 0.6 is 22.7 Å². The molecule has 0 spiro atoms. The molecule has 5 nitrogen and oxygen atoms in total. The summed E-state index contributed by atoms with van der Waals surface area (Å²) in [5.74, 6) is -0.823. The van der Waals surface area contributed by atoms with Crippen molar-refractivity contribution in [1.82, 2.24) is 9.88 Å². The van der Waals surface area contributed by atoms with Gasteiger partial charge in [0.25, 0.3) is 5.91 Å². The molecule has 7 heteroatoms. The van der Waals surface area contributed by atoms with E-state index in [2.05, 4.69) is 4.98 Å². The fraction of sp³-hybridized carbons (Fsp3) is 0.250. The number of benzene rings is 1. The zero-order valence-corrected chi connectivity index (χ0v) is 16.8. The molecule has 1 atom stereocenters. The van der Waals surface area contributed by atoms with Crippen molar-refractivity contribution in [2.24, 2.45) is 0 Å². The summed E-state index contributed by atoms with van der Waals surface area (Å²) in [7, 11) is 0. The van der Waals surface area contributed by atoms with Gasteiger partial charge < -0.3 is 9.64 Å². The molecule has 0 radical (unpaired) electrons. The minimum absolute atomic E-state index is 0.219. The number of aromatic nitrogens is 1. The van der Waals surface area contributed by atoms with Gasteiger partial charge in [-0.3, -0.25) is 4.79 Å². The highest BCUT2D eigenvalue weighted by atomic mass is 32.1. The first-order valence-corrected chi connectivity index (χ1v) is 10.4. The number of carbonyl (C=O) groups is 2. The number of esters is 1. The van der Waals surface area contributed by atoms with Crippen molar-refractivity contribution in [3.05, 3.63) is 64.5 Å². The van der Waals surface area contributed by atoms with Gasteiger partial charge in [-0.2, -0.15) is 0 Å². The fourth-order valence-corrected chi connectivity index (χ4v) is 4.24. The largest absolute Gasteiger partial charge is 0.443 e. The molecule has 2 heterocycles. The van der Waals surface area contributed by atoms with Crippen LogP contribution in [0.1, 0.15) is 36.0 Å². The van der Waals surface area contributed by atoms with Crippen molar-refractivity contribution < 1.29 is 14.3 Å². The van der Waals surface area contributed by atoms with E-state index < -0.39 is 12.1 Å². The first-order valence-electron chi connectivity index (χ1n) is 8.68. The Morgan fingerprint density at radius 2 is 1.81 bits per heavy atom. The maximum Gasteiger partial charge on any atom is 0.358 e. The van der Waals surface area contributed by atoms with E-state index in [1.807, 2.05) is 49.6 Å². The van der Waals surface area contributed by atoms with Gasteiger partial charge in [0.2, 0.25) is 6.10 Å². The van der Waals surface area contributed by atoms with E-state index in [9.17, 15) is 9.59 Å². The summed E-state index contributed by atoms with van der Waals surface area (Å²) in [6, 6.07) is 13.0. The second-order valence-electron chi connectivity index (χ2n) is 5.72. The first-order chi connectivity index (χ1) is 13.1. The average Bonchev–Trinajstić information content (AvgIpc) is 3.39. The Hall–Kier alpha value is -2.51. The summed E-state index contributed by atoms with van der Waals surface area (Å²) in [6.07, 6.45) is -0.981. The third-order valence-electron chi connectivity index (χ3n) is 4.07. The number of hydrogen-bond donors (Lipinski definition) is 0. The summed E-state index contributed by atoms with van der Waals surface area (Å²) in [4.78, 5) is 32.6. The second kappa shape index (κ2) is 8.92. The third kappa shape index (κ3) is 4.43. The summed E-state index contributed by atoms with van der Waals surface area (Å²) in [5, 5.41) is 4.40. The van der Waals surface area contributed by atoms with Crippen molar-refractivity contribution in [3.63, 3.8) is 0 Å². The molecule has 0 fully saturated rings. The molecule has 140 valence electrons. The number of amides is 1. The van der Waals surface area contributed by atoms with E-state index in [4.69, 9.17) is 4.74 Å². The molecular formula is C20H20N2O3S2. The minimum Gasteiger partial charge on any atom is -0.443 e. The van der Waals surface area contributed by atoms with Crippen molar-refractivity contribution in [1.29, 1.82) is 0 Å². The Labute approximate surface area is 166 Å². The molecule has 0 aliphatic heterocycles. The molecule has 0 bridgehead atoms. The predicted molar refractivity (Wildman–Crippen MR) is 108 cm³/mol. The molecule has 0 aliphatic rings. The van der Waals surface area contributed by atoms with Gasteiger partial charge in [0.05, 0.1) is 4.88 Å². The van der Waals surface area contributed by atoms with Crippen LogP contribution in [-0.4, -0.2) is 34.8 Å². The predicted octanol–water partition coefficient (Wildman–Crippen LogP) is 4.64. The molecule has 0 N–H and O–H groups in total. The molecular weight excluding hydrogens is 380 g/mol. The van der Waals surface area contributed by atoms with E-state index in [1.165, 1.54) is 11.3 Å². The van der Waals surface area contributed by atoms with Gasteiger partial charge >= 0.3 is 5.97 Å². The SMILES string of the molecule is CCN(CC)C(=O)[C@H](OC(=O)c1csc(-c2cccs2)n1)c1ccccc1. The average molecular weight is 401 g/mol. The number of nitrogens with zero attached hydrogens (tertiary/aromatic N) is 2. The first kappa shape index (κ1) is 19.3. The third-order valence-corrected chi connectivity index (χ3v) is 5.95. The zero-order valence-electron chi connectivity index (χ0n) is 15.1. The van der Waals surface area contributed by atoms with E-state index in [0.717, 1.165) is 9.88 Å². The molecule has 0 unspecified atom stereocenters. The van der Waals surface area contributed by atoms with Gasteiger partial charge in [0.15, 0.2) is 5.69 Å². The highest BCUT2D eigenvalue weighted by Gasteiger charge is 2.29. The molecule has 0 aliphatic carbocycles. The van der Waals surface area contributed by atoms with Gasteiger partial charge in [-0.05, 0) is 25.3 Å². The Balaban J connectivity index is 1.83. The van der Waals surface area contributed by atoms with Crippen LogP contribution in [0, 0.1) is 0 Å². The topological polar surface area (TPSA) is 59.5 Å². The van der Waals surface area contributed by atoms with Crippen molar-refractivity contribution in [2.45, 2.75) is 20.0 Å². The van der Waals surface area contributed by atoms with Crippen LogP contribution in [0.3, 0.4) is 0 Å². The van der Waals surface area contributed by atoms with Crippen LogP contribution in [0.25, 0.3) is 9.88 Å². The number of hydrogen-bond acceptors (Lipinski definition) is 6. The maximum atomic E-state index is 12.9. The molecule has 0 saturated heterocycles. The zero-order chi connectivity index (χ0) is 19.2. The highest BCUT2D eigenvalue weighted by Crippen LogP contribution is 2.29. The maximum absolute atomic E-state index is 12.9. The summed E-state index contributed by atoms with van der Waals surface area (Å²) in [5.41, 5.74) is 0.869. The number of ether oxygens (including phenoxy) is 1. The summed E-state index contributed by atoms with van der Waals surface area (Å²) >= 11 is 2.95. The number of likely N-dealkylation sites (N-methyl/N-ethyl adjacent to an activating group) is 1.